The lowest BCUT2D eigenvalue weighted by Gasteiger charge is -2.18. The van der Waals surface area contributed by atoms with Crippen molar-refractivity contribution < 1.29 is 28.6 Å². The summed E-state index contributed by atoms with van der Waals surface area (Å²) in [5, 5.41) is 0. The summed E-state index contributed by atoms with van der Waals surface area (Å²) in [5.74, 6) is -0.867. The number of rotatable bonds is 60. The number of carbonyl (C=O) groups is 3. The highest BCUT2D eigenvalue weighted by atomic mass is 16.6. The van der Waals surface area contributed by atoms with Gasteiger partial charge in [-0.05, 0) is 89.9 Å². The van der Waals surface area contributed by atoms with E-state index in [1.54, 1.807) is 0 Å². The largest absolute Gasteiger partial charge is 0.462 e. The minimum atomic E-state index is -0.774. The summed E-state index contributed by atoms with van der Waals surface area (Å²) in [6, 6.07) is 0. The van der Waals surface area contributed by atoms with E-state index in [4.69, 9.17) is 14.2 Å². The first-order valence-electron chi connectivity index (χ1n) is 32.9. The van der Waals surface area contributed by atoms with E-state index in [-0.39, 0.29) is 31.1 Å². The topological polar surface area (TPSA) is 78.9 Å². The first-order chi connectivity index (χ1) is 37.5. The van der Waals surface area contributed by atoms with Crippen LogP contribution in [-0.4, -0.2) is 37.2 Å². The van der Waals surface area contributed by atoms with Gasteiger partial charge in [-0.3, -0.25) is 14.4 Å². The Hall–Kier alpha value is -3.15. The Labute approximate surface area is 472 Å². The van der Waals surface area contributed by atoms with E-state index in [9.17, 15) is 14.4 Å². The maximum atomic E-state index is 12.8. The highest BCUT2D eigenvalue weighted by Crippen LogP contribution is 2.17. The Morgan fingerprint density at radius 2 is 0.513 bits per heavy atom. The molecule has 0 saturated carbocycles. The molecule has 6 heteroatoms. The van der Waals surface area contributed by atoms with Crippen molar-refractivity contribution in [3.05, 3.63) is 72.9 Å². The van der Waals surface area contributed by atoms with Crippen molar-refractivity contribution >= 4 is 17.9 Å². The maximum absolute atomic E-state index is 12.8. The summed E-state index contributed by atoms with van der Waals surface area (Å²) in [4.78, 5) is 38.1. The van der Waals surface area contributed by atoms with E-state index in [0.29, 0.717) is 19.3 Å². The van der Waals surface area contributed by atoms with Crippen LogP contribution in [0.4, 0.5) is 0 Å². The minimum Gasteiger partial charge on any atom is -0.462 e. The summed E-state index contributed by atoms with van der Waals surface area (Å²) in [5.41, 5.74) is 0. The fourth-order valence-electron chi connectivity index (χ4n) is 9.53. The molecule has 0 aliphatic carbocycles. The van der Waals surface area contributed by atoms with E-state index in [1.165, 1.54) is 199 Å². The van der Waals surface area contributed by atoms with Crippen LogP contribution < -0.4 is 0 Å². The van der Waals surface area contributed by atoms with E-state index in [2.05, 4.69) is 93.7 Å². The SMILES string of the molecule is CC/C=C\C/C=C\C/C=C\C/C=C\C/C=C\CCCCCCCCCCCCCCCCCCCCCC(=O)OCC(COC(=O)CCCCCCCCCCCC)OC(=O)CCCCCCC/C=C\CCCCCC. The van der Waals surface area contributed by atoms with Crippen LogP contribution in [0.5, 0.6) is 0 Å². The van der Waals surface area contributed by atoms with Gasteiger partial charge in [-0.25, -0.2) is 0 Å². The second-order valence-electron chi connectivity index (χ2n) is 22.0. The lowest BCUT2D eigenvalue weighted by Crippen LogP contribution is -2.30. The van der Waals surface area contributed by atoms with Gasteiger partial charge >= 0.3 is 17.9 Å². The molecule has 0 radical (unpaired) electrons. The summed E-state index contributed by atoms with van der Waals surface area (Å²) in [7, 11) is 0. The van der Waals surface area contributed by atoms with Crippen molar-refractivity contribution in [2.45, 2.75) is 341 Å². The van der Waals surface area contributed by atoms with Crippen molar-refractivity contribution in [3.63, 3.8) is 0 Å². The standard InChI is InChI=1S/C70H124O6/c1-4-7-10-13-16-19-22-24-25-26-27-28-29-30-31-32-33-34-35-36-37-38-39-40-41-42-43-44-45-47-48-51-54-57-60-63-69(72)75-66-67(65-74-68(71)62-59-56-53-50-21-18-15-12-9-6-3)76-70(73)64-61-58-55-52-49-46-23-20-17-14-11-8-5-2/h7,10,16,19-20,23-25,27-28,30-31,67H,4-6,8-9,11-15,17-18,21-22,26,29,32-66H2,1-3H3/b10-7-,19-16-,23-20-,25-24-,28-27-,31-30-. The number of hydrogen-bond acceptors (Lipinski definition) is 6. The fourth-order valence-corrected chi connectivity index (χ4v) is 9.53. The highest BCUT2D eigenvalue weighted by molar-refractivity contribution is 5.71. The van der Waals surface area contributed by atoms with Crippen LogP contribution >= 0.6 is 0 Å². The van der Waals surface area contributed by atoms with Gasteiger partial charge in [-0.15, -0.1) is 0 Å². The Balaban J connectivity index is 4.01. The van der Waals surface area contributed by atoms with Crippen LogP contribution in [0.15, 0.2) is 72.9 Å². The van der Waals surface area contributed by atoms with Gasteiger partial charge in [-0.1, -0.05) is 299 Å². The number of hydrogen-bond donors (Lipinski definition) is 0. The molecule has 0 saturated heterocycles. The van der Waals surface area contributed by atoms with Crippen LogP contribution in [-0.2, 0) is 28.6 Å². The molecule has 0 aromatic carbocycles. The number of ether oxygens (including phenoxy) is 3. The predicted molar refractivity (Wildman–Crippen MR) is 330 cm³/mol. The number of carbonyl (C=O) groups excluding carboxylic acids is 3. The van der Waals surface area contributed by atoms with Crippen LogP contribution in [0.1, 0.15) is 335 Å². The van der Waals surface area contributed by atoms with Crippen LogP contribution in [0.25, 0.3) is 0 Å². The molecule has 0 rings (SSSR count). The molecule has 1 unspecified atom stereocenters. The molecule has 0 aromatic heterocycles. The van der Waals surface area contributed by atoms with E-state index in [1.807, 2.05) is 0 Å². The van der Waals surface area contributed by atoms with Crippen LogP contribution in [0, 0.1) is 0 Å². The highest BCUT2D eigenvalue weighted by Gasteiger charge is 2.19. The molecule has 440 valence electrons. The third-order valence-electron chi connectivity index (χ3n) is 14.4. The Morgan fingerprint density at radius 1 is 0.276 bits per heavy atom. The van der Waals surface area contributed by atoms with Crippen LogP contribution in [0.2, 0.25) is 0 Å². The van der Waals surface area contributed by atoms with Gasteiger partial charge in [0.1, 0.15) is 13.2 Å². The van der Waals surface area contributed by atoms with Crippen molar-refractivity contribution in [2.75, 3.05) is 13.2 Å². The second-order valence-corrected chi connectivity index (χ2v) is 22.0. The zero-order chi connectivity index (χ0) is 55.0. The molecule has 1 atom stereocenters. The maximum Gasteiger partial charge on any atom is 0.306 e. The third-order valence-corrected chi connectivity index (χ3v) is 14.4. The summed E-state index contributed by atoms with van der Waals surface area (Å²) in [6.45, 7) is 6.52. The van der Waals surface area contributed by atoms with Crippen molar-refractivity contribution in [2.24, 2.45) is 0 Å². The molecule has 0 aliphatic heterocycles. The molecule has 0 aliphatic rings. The molecule has 0 aromatic rings. The van der Waals surface area contributed by atoms with Gasteiger partial charge in [0.2, 0.25) is 0 Å². The Bertz CT molecular complexity index is 1400. The molecule has 0 fully saturated rings. The minimum absolute atomic E-state index is 0.0727. The number of esters is 3. The smallest absolute Gasteiger partial charge is 0.306 e. The zero-order valence-corrected chi connectivity index (χ0v) is 50.5. The quantitative estimate of drug-likeness (QED) is 0.0261. The molecule has 76 heavy (non-hydrogen) atoms. The fraction of sp³-hybridized carbons (Fsp3) is 0.786. The first-order valence-corrected chi connectivity index (χ1v) is 32.9. The lowest BCUT2D eigenvalue weighted by molar-refractivity contribution is -0.167. The van der Waals surface area contributed by atoms with Crippen molar-refractivity contribution in [1.29, 1.82) is 0 Å². The van der Waals surface area contributed by atoms with Gasteiger partial charge in [-0.2, -0.15) is 0 Å². The number of allylic oxidation sites excluding steroid dienone is 12. The summed E-state index contributed by atoms with van der Waals surface area (Å²) in [6.07, 6.45) is 83.7. The zero-order valence-electron chi connectivity index (χ0n) is 50.5. The molecular formula is C70H124O6. The average Bonchev–Trinajstić information content (AvgIpc) is 3.42. The van der Waals surface area contributed by atoms with E-state index < -0.39 is 6.10 Å². The third kappa shape index (κ3) is 61.7. The molecule has 0 amide bonds. The van der Waals surface area contributed by atoms with Crippen molar-refractivity contribution in [3.8, 4) is 0 Å². The van der Waals surface area contributed by atoms with Gasteiger partial charge in [0, 0.05) is 19.3 Å². The average molecular weight is 1060 g/mol. The first kappa shape index (κ1) is 72.8. The summed E-state index contributed by atoms with van der Waals surface area (Å²) >= 11 is 0. The van der Waals surface area contributed by atoms with Crippen molar-refractivity contribution in [1.82, 2.24) is 0 Å². The van der Waals surface area contributed by atoms with Crippen LogP contribution in [0.3, 0.4) is 0 Å². The molecule has 0 N–H and O–H groups in total. The van der Waals surface area contributed by atoms with Gasteiger partial charge in [0.25, 0.3) is 0 Å². The molecule has 0 heterocycles. The monoisotopic (exact) mass is 1060 g/mol. The second kappa shape index (κ2) is 64.4. The predicted octanol–water partition coefficient (Wildman–Crippen LogP) is 22.5. The van der Waals surface area contributed by atoms with E-state index >= 15 is 0 Å². The normalized spacial score (nSPS) is 12.5. The van der Waals surface area contributed by atoms with Gasteiger partial charge in [0.05, 0.1) is 0 Å². The number of unbranched alkanes of at least 4 members (excludes halogenated alkanes) is 37. The molecular weight excluding hydrogens is 937 g/mol. The molecule has 6 nitrogen and oxygen atoms in total. The Kier molecular flexibility index (Phi) is 61.7. The molecule has 0 bridgehead atoms. The Morgan fingerprint density at radius 3 is 0.829 bits per heavy atom. The molecule has 0 spiro atoms. The van der Waals surface area contributed by atoms with Gasteiger partial charge in [0.15, 0.2) is 6.10 Å². The van der Waals surface area contributed by atoms with Gasteiger partial charge < -0.3 is 14.2 Å². The van der Waals surface area contributed by atoms with E-state index in [0.717, 1.165) is 96.3 Å². The lowest BCUT2D eigenvalue weighted by atomic mass is 10.0. The summed E-state index contributed by atoms with van der Waals surface area (Å²) < 4.78 is 16.9.